The molecule has 1 unspecified atom stereocenters. The van der Waals surface area contributed by atoms with Gasteiger partial charge in [-0.2, -0.15) is 0 Å². The maximum Gasteiger partial charge on any atom is 0.308 e. The molecule has 1 aromatic rings. The first-order valence-electron chi connectivity index (χ1n) is 6.05. The maximum atomic E-state index is 12.2. The minimum absolute atomic E-state index is 0.0417. The van der Waals surface area contributed by atoms with Crippen LogP contribution in [0.1, 0.15) is 27.9 Å². The summed E-state index contributed by atoms with van der Waals surface area (Å²) in [6.45, 7) is 3.78. The van der Waals surface area contributed by atoms with Gasteiger partial charge < -0.3 is 5.11 Å². The second-order valence-corrected chi connectivity index (χ2v) is 4.85. The van der Waals surface area contributed by atoms with E-state index in [4.69, 9.17) is 5.11 Å². The van der Waals surface area contributed by atoms with E-state index in [2.05, 4.69) is 0 Å². The molecule has 1 aliphatic rings. The van der Waals surface area contributed by atoms with Gasteiger partial charge in [-0.1, -0.05) is 6.07 Å². The van der Waals surface area contributed by atoms with Crippen molar-refractivity contribution in [3.05, 3.63) is 34.9 Å². The average Bonchev–Trinajstić information content (AvgIpc) is 2.74. The van der Waals surface area contributed by atoms with Crippen LogP contribution in [0.5, 0.6) is 0 Å². The molecule has 1 saturated heterocycles. The van der Waals surface area contributed by atoms with E-state index in [1.165, 1.54) is 0 Å². The number of amides is 2. The Hall–Kier alpha value is -2.17. The summed E-state index contributed by atoms with van der Waals surface area (Å²) in [6.07, 6.45) is -0.105. The predicted molar refractivity (Wildman–Crippen MR) is 67.7 cm³/mol. The highest BCUT2D eigenvalue weighted by molar-refractivity contribution is 6.07. The van der Waals surface area contributed by atoms with Crippen molar-refractivity contribution in [3.8, 4) is 0 Å². The zero-order chi connectivity index (χ0) is 14.2. The molecule has 1 heterocycles. The second kappa shape index (κ2) is 4.84. The van der Waals surface area contributed by atoms with E-state index in [9.17, 15) is 14.4 Å². The first-order valence-corrected chi connectivity index (χ1v) is 6.05. The fourth-order valence-corrected chi connectivity index (χ4v) is 2.10. The molecule has 2 amide bonds. The van der Waals surface area contributed by atoms with E-state index >= 15 is 0 Å². The van der Waals surface area contributed by atoms with E-state index in [0.29, 0.717) is 5.56 Å². The molecule has 1 atom stereocenters. The van der Waals surface area contributed by atoms with Gasteiger partial charge in [0.2, 0.25) is 5.91 Å². The molecule has 100 valence electrons. The number of hydrogen-bond acceptors (Lipinski definition) is 3. The smallest absolute Gasteiger partial charge is 0.308 e. The Morgan fingerprint density at radius 3 is 2.47 bits per heavy atom. The minimum Gasteiger partial charge on any atom is -0.481 e. The van der Waals surface area contributed by atoms with Gasteiger partial charge in [-0.05, 0) is 37.1 Å². The molecule has 0 aliphatic carbocycles. The summed E-state index contributed by atoms with van der Waals surface area (Å²) in [5.74, 6) is -2.67. The number of nitrogens with zero attached hydrogens (tertiary/aromatic N) is 1. The predicted octanol–water partition coefficient (Wildman–Crippen LogP) is 1.38. The summed E-state index contributed by atoms with van der Waals surface area (Å²) in [6, 6.07) is 5.20. The van der Waals surface area contributed by atoms with E-state index in [1.807, 2.05) is 19.9 Å². The van der Waals surface area contributed by atoms with Crippen LogP contribution in [-0.2, 0) is 9.59 Å². The average molecular weight is 261 g/mol. The van der Waals surface area contributed by atoms with Crippen LogP contribution >= 0.6 is 0 Å². The highest BCUT2D eigenvalue weighted by atomic mass is 16.4. The molecular formula is C14H15NO4. The number of imide groups is 1. The number of aliphatic carboxylic acids is 1. The van der Waals surface area contributed by atoms with Crippen molar-refractivity contribution in [1.29, 1.82) is 0 Å². The van der Waals surface area contributed by atoms with Gasteiger partial charge in [-0.3, -0.25) is 19.3 Å². The molecule has 0 radical (unpaired) electrons. The van der Waals surface area contributed by atoms with Gasteiger partial charge >= 0.3 is 5.97 Å². The summed E-state index contributed by atoms with van der Waals surface area (Å²) in [5, 5.41) is 8.89. The molecule has 0 aromatic heterocycles. The van der Waals surface area contributed by atoms with Crippen LogP contribution in [0.2, 0.25) is 0 Å². The van der Waals surface area contributed by atoms with Crippen LogP contribution in [-0.4, -0.2) is 34.3 Å². The van der Waals surface area contributed by atoms with Crippen LogP contribution in [0.3, 0.4) is 0 Å². The molecule has 0 bridgehead atoms. The standard InChI is InChI=1S/C14H15NO4/c1-8-3-4-10(5-9(8)2)13(17)15-7-11(14(18)19)6-12(15)16/h3-5,11H,6-7H2,1-2H3,(H,18,19). The van der Waals surface area contributed by atoms with Crippen molar-refractivity contribution in [2.45, 2.75) is 20.3 Å². The monoisotopic (exact) mass is 261 g/mol. The molecule has 0 spiro atoms. The Balaban J connectivity index is 2.22. The van der Waals surface area contributed by atoms with Gasteiger partial charge in [0.1, 0.15) is 0 Å². The van der Waals surface area contributed by atoms with Crippen molar-refractivity contribution in [1.82, 2.24) is 4.90 Å². The zero-order valence-corrected chi connectivity index (χ0v) is 10.8. The molecule has 1 N–H and O–H groups in total. The third-order valence-corrected chi connectivity index (χ3v) is 3.47. The quantitative estimate of drug-likeness (QED) is 0.816. The Labute approximate surface area is 110 Å². The van der Waals surface area contributed by atoms with Crippen LogP contribution in [0, 0.1) is 19.8 Å². The van der Waals surface area contributed by atoms with Crippen molar-refractivity contribution in [3.63, 3.8) is 0 Å². The summed E-state index contributed by atoms with van der Waals surface area (Å²) in [5.41, 5.74) is 2.45. The number of carboxylic acids is 1. The molecule has 5 nitrogen and oxygen atoms in total. The molecular weight excluding hydrogens is 246 g/mol. The van der Waals surface area contributed by atoms with Crippen molar-refractivity contribution in [2.75, 3.05) is 6.54 Å². The first-order chi connectivity index (χ1) is 8.90. The summed E-state index contributed by atoms with van der Waals surface area (Å²) in [4.78, 5) is 35.8. The van der Waals surface area contributed by atoms with Crippen LogP contribution in [0.25, 0.3) is 0 Å². The second-order valence-electron chi connectivity index (χ2n) is 4.85. The maximum absolute atomic E-state index is 12.2. The van der Waals surface area contributed by atoms with Crippen LogP contribution in [0.15, 0.2) is 18.2 Å². The fraction of sp³-hybridized carbons (Fsp3) is 0.357. The van der Waals surface area contributed by atoms with Gasteiger partial charge in [0.15, 0.2) is 0 Å². The highest BCUT2D eigenvalue weighted by Gasteiger charge is 2.38. The van der Waals surface area contributed by atoms with E-state index in [-0.39, 0.29) is 13.0 Å². The number of aryl methyl sites for hydroxylation is 2. The van der Waals surface area contributed by atoms with E-state index in [1.54, 1.807) is 12.1 Å². The molecule has 0 saturated carbocycles. The van der Waals surface area contributed by atoms with E-state index in [0.717, 1.165) is 16.0 Å². The van der Waals surface area contributed by atoms with Gasteiger partial charge in [-0.15, -0.1) is 0 Å². The number of hydrogen-bond donors (Lipinski definition) is 1. The molecule has 5 heteroatoms. The van der Waals surface area contributed by atoms with Crippen molar-refractivity contribution < 1.29 is 19.5 Å². The lowest BCUT2D eigenvalue weighted by Gasteiger charge is -2.14. The molecule has 2 rings (SSSR count). The molecule has 1 aromatic carbocycles. The van der Waals surface area contributed by atoms with Crippen molar-refractivity contribution >= 4 is 17.8 Å². The molecule has 1 fully saturated rings. The lowest BCUT2D eigenvalue weighted by atomic mass is 10.1. The van der Waals surface area contributed by atoms with Crippen LogP contribution in [0.4, 0.5) is 0 Å². The van der Waals surface area contributed by atoms with E-state index < -0.39 is 23.7 Å². The van der Waals surface area contributed by atoms with Crippen molar-refractivity contribution in [2.24, 2.45) is 5.92 Å². The summed E-state index contributed by atoms with van der Waals surface area (Å²) >= 11 is 0. The zero-order valence-electron chi connectivity index (χ0n) is 10.8. The molecule has 1 aliphatic heterocycles. The number of carboxylic acid groups (broad SMARTS) is 1. The lowest BCUT2D eigenvalue weighted by Crippen LogP contribution is -2.33. The third kappa shape index (κ3) is 2.50. The minimum atomic E-state index is -1.04. The Morgan fingerprint density at radius 1 is 1.26 bits per heavy atom. The first kappa shape index (κ1) is 13.3. The Morgan fingerprint density at radius 2 is 1.95 bits per heavy atom. The lowest BCUT2D eigenvalue weighted by molar-refractivity contribution is -0.141. The largest absolute Gasteiger partial charge is 0.481 e. The normalized spacial score (nSPS) is 18.7. The van der Waals surface area contributed by atoms with Gasteiger partial charge in [0.05, 0.1) is 5.92 Å². The number of likely N-dealkylation sites (tertiary alicyclic amines) is 1. The Kier molecular flexibility index (Phi) is 3.38. The fourth-order valence-electron chi connectivity index (χ4n) is 2.10. The van der Waals surface area contributed by atoms with Gasteiger partial charge in [0.25, 0.3) is 5.91 Å². The Bertz CT molecular complexity index is 565. The van der Waals surface area contributed by atoms with Crippen LogP contribution < -0.4 is 0 Å². The van der Waals surface area contributed by atoms with Gasteiger partial charge in [0, 0.05) is 18.5 Å². The third-order valence-electron chi connectivity index (χ3n) is 3.47. The SMILES string of the molecule is Cc1ccc(C(=O)N2CC(C(=O)O)CC2=O)cc1C. The molecule has 19 heavy (non-hydrogen) atoms. The number of benzene rings is 1. The summed E-state index contributed by atoms with van der Waals surface area (Å²) in [7, 11) is 0. The van der Waals surface area contributed by atoms with Gasteiger partial charge in [-0.25, -0.2) is 0 Å². The number of rotatable bonds is 2. The number of carbonyl (C=O) groups is 3. The number of carbonyl (C=O) groups excluding carboxylic acids is 2. The summed E-state index contributed by atoms with van der Waals surface area (Å²) < 4.78 is 0. The topological polar surface area (TPSA) is 74.7 Å². The highest BCUT2D eigenvalue weighted by Crippen LogP contribution is 2.21.